The van der Waals surface area contributed by atoms with Gasteiger partial charge in [-0.2, -0.15) is 0 Å². The molecule has 0 N–H and O–H groups in total. The molecule has 0 atom stereocenters. The minimum Gasteiger partial charge on any atom is -0.465 e. The van der Waals surface area contributed by atoms with E-state index >= 15 is 0 Å². The smallest absolute Gasteiger partial charge is 0.337 e. The second kappa shape index (κ2) is 9.88. The lowest BCUT2D eigenvalue weighted by Crippen LogP contribution is -2.30. The second-order valence-corrected chi connectivity index (χ2v) is 7.71. The number of rotatable bonds is 7. The van der Waals surface area contributed by atoms with E-state index in [0.29, 0.717) is 23.6 Å². The van der Waals surface area contributed by atoms with E-state index in [1.165, 1.54) is 12.7 Å². The fourth-order valence-corrected chi connectivity index (χ4v) is 3.40. The zero-order valence-corrected chi connectivity index (χ0v) is 17.7. The van der Waals surface area contributed by atoms with Crippen molar-refractivity contribution in [1.82, 2.24) is 0 Å². The molecule has 4 nitrogen and oxygen atoms in total. The van der Waals surface area contributed by atoms with E-state index in [1.807, 2.05) is 48.5 Å². The summed E-state index contributed by atoms with van der Waals surface area (Å²) in [6.45, 7) is 4.73. The number of benzene rings is 3. The van der Waals surface area contributed by atoms with E-state index in [-0.39, 0.29) is 5.91 Å². The van der Waals surface area contributed by atoms with Crippen LogP contribution in [0.25, 0.3) is 0 Å². The highest BCUT2D eigenvalue weighted by Crippen LogP contribution is 2.22. The largest absolute Gasteiger partial charge is 0.465 e. The highest BCUT2D eigenvalue weighted by Gasteiger charge is 2.19. The van der Waals surface area contributed by atoms with Gasteiger partial charge in [0.2, 0.25) is 0 Å². The van der Waals surface area contributed by atoms with Crippen molar-refractivity contribution in [1.29, 1.82) is 0 Å². The molecule has 0 fully saturated rings. The summed E-state index contributed by atoms with van der Waals surface area (Å²) in [5.41, 5.74) is 4.00. The number of carbonyl (C=O) groups excluding carboxylic acids is 2. The first-order valence-electron chi connectivity index (χ1n) is 10.1. The van der Waals surface area contributed by atoms with Gasteiger partial charge >= 0.3 is 5.97 Å². The third-order valence-electron chi connectivity index (χ3n) is 4.85. The average molecular weight is 402 g/mol. The van der Waals surface area contributed by atoms with Gasteiger partial charge in [-0.1, -0.05) is 56.3 Å². The van der Waals surface area contributed by atoms with Crippen molar-refractivity contribution in [2.75, 3.05) is 12.0 Å². The molecule has 1 amide bonds. The predicted octanol–water partition coefficient (Wildman–Crippen LogP) is 5.52. The monoisotopic (exact) mass is 401 g/mol. The fourth-order valence-electron chi connectivity index (χ4n) is 3.40. The van der Waals surface area contributed by atoms with Gasteiger partial charge in [0.25, 0.3) is 5.91 Å². The molecule has 0 heterocycles. The molecular weight excluding hydrogens is 374 g/mol. The molecule has 0 aliphatic heterocycles. The zero-order chi connectivity index (χ0) is 21.5. The van der Waals surface area contributed by atoms with Crippen LogP contribution >= 0.6 is 0 Å². The van der Waals surface area contributed by atoms with E-state index in [0.717, 1.165) is 17.7 Å². The third kappa shape index (κ3) is 5.35. The molecule has 3 aromatic carbocycles. The van der Waals surface area contributed by atoms with Gasteiger partial charge in [-0.3, -0.25) is 4.79 Å². The number of anilines is 1. The van der Waals surface area contributed by atoms with Crippen LogP contribution in [0.2, 0.25) is 0 Å². The maximum absolute atomic E-state index is 13.3. The molecular formula is C26H27NO3. The third-order valence-corrected chi connectivity index (χ3v) is 4.85. The molecule has 4 heteroatoms. The number of nitrogens with zero attached hydrogens (tertiary/aromatic N) is 1. The summed E-state index contributed by atoms with van der Waals surface area (Å²) in [6.07, 6.45) is 0.994. The van der Waals surface area contributed by atoms with Crippen LogP contribution in [0.5, 0.6) is 0 Å². The number of amides is 1. The first-order chi connectivity index (χ1) is 14.5. The lowest BCUT2D eigenvalue weighted by atomic mass is 10.0. The van der Waals surface area contributed by atoms with Crippen LogP contribution in [-0.2, 0) is 17.7 Å². The Kier molecular flexibility index (Phi) is 7.02. The SMILES string of the molecule is COC(=O)c1cccc(CN(C(=O)c2ccccc2)c2ccc(CC(C)C)cc2)c1. The van der Waals surface area contributed by atoms with Crippen molar-refractivity contribution in [3.05, 3.63) is 101 Å². The molecule has 0 aliphatic rings. The summed E-state index contributed by atoms with van der Waals surface area (Å²) in [4.78, 5) is 27.0. The molecule has 0 bridgehead atoms. The van der Waals surface area contributed by atoms with Gasteiger partial charge < -0.3 is 9.64 Å². The van der Waals surface area contributed by atoms with Crippen molar-refractivity contribution in [2.45, 2.75) is 26.8 Å². The number of hydrogen-bond donors (Lipinski definition) is 0. The fraction of sp³-hybridized carbons (Fsp3) is 0.231. The highest BCUT2D eigenvalue weighted by atomic mass is 16.5. The molecule has 0 aliphatic carbocycles. The summed E-state index contributed by atoms with van der Waals surface area (Å²) in [5.74, 6) is 0.0884. The van der Waals surface area contributed by atoms with E-state index in [9.17, 15) is 9.59 Å². The van der Waals surface area contributed by atoms with Crippen molar-refractivity contribution < 1.29 is 14.3 Å². The highest BCUT2D eigenvalue weighted by molar-refractivity contribution is 6.06. The number of hydrogen-bond acceptors (Lipinski definition) is 3. The Morgan fingerprint density at radius 2 is 1.50 bits per heavy atom. The molecule has 3 aromatic rings. The summed E-state index contributed by atoms with van der Waals surface area (Å²) >= 11 is 0. The van der Waals surface area contributed by atoms with Crippen LogP contribution in [0.1, 0.15) is 45.7 Å². The molecule has 3 rings (SSSR count). The maximum atomic E-state index is 13.3. The molecule has 0 saturated carbocycles. The molecule has 30 heavy (non-hydrogen) atoms. The van der Waals surface area contributed by atoms with E-state index in [4.69, 9.17) is 4.74 Å². The van der Waals surface area contributed by atoms with Gasteiger partial charge in [-0.05, 0) is 59.9 Å². The molecule has 0 radical (unpaired) electrons. The Labute approximate surface area is 178 Å². The first-order valence-corrected chi connectivity index (χ1v) is 10.1. The van der Waals surface area contributed by atoms with Crippen LogP contribution in [0, 0.1) is 5.92 Å². The van der Waals surface area contributed by atoms with E-state index in [1.54, 1.807) is 23.1 Å². The van der Waals surface area contributed by atoms with Gasteiger partial charge in [-0.25, -0.2) is 4.79 Å². The van der Waals surface area contributed by atoms with Crippen molar-refractivity contribution in [3.63, 3.8) is 0 Å². The molecule has 0 aromatic heterocycles. The summed E-state index contributed by atoms with van der Waals surface area (Å²) in [6, 6.07) is 24.5. The quantitative estimate of drug-likeness (QED) is 0.490. The van der Waals surface area contributed by atoms with Crippen LogP contribution < -0.4 is 4.90 Å². The van der Waals surface area contributed by atoms with Gasteiger partial charge in [0.1, 0.15) is 0 Å². The van der Waals surface area contributed by atoms with Gasteiger partial charge in [0.05, 0.1) is 19.2 Å². The Morgan fingerprint density at radius 1 is 0.833 bits per heavy atom. The Balaban J connectivity index is 1.94. The van der Waals surface area contributed by atoms with Crippen molar-refractivity contribution in [3.8, 4) is 0 Å². The number of methoxy groups -OCH3 is 1. The van der Waals surface area contributed by atoms with Gasteiger partial charge in [-0.15, -0.1) is 0 Å². The molecule has 0 saturated heterocycles. The lowest BCUT2D eigenvalue weighted by molar-refractivity contribution is 0.0600. The second-order valence-electron chi connectivity index (χ2n) is 7.71. The minimum atomic E-state index is -0.393. The Bertz CT molecular complexity index is 994. The normalized spacial score (nSPS) is 10.7. The summed E-state index contributed by atoms with van der Waals surface area (Å²) in [5, 5.41) is 0. The lowest BCUT2D eigenvalue weighted by Gasteiger charge is -2.24. The van der Waals surface area contributed by atoms with E-state index in [2.05, 4.69) is 26.0 Å². The maximum Gasteiger partial charge on any atom is 0.337 e. The molecule has 0 spiro atoms. The number of ether oxygens (including phenoxy) is 1. The van der Waals surface area contributed by atoms with Crippen LogP contribution in [0.15, 0.2) is 78.9 Å². The van der Waals surface area contributed by atoms with Crippen LogP contribution in [0.3, 0.4) is 0 Å². The minimum absolute atomic E-state index is 0.0873. The van der Waals surface area contributed by atoms with Crippen molar-refractivity contribution in [2.24, 2.45) is 5.92 Å². The summed E-state index contributed by atoms with van der Waals surface area (Å²) in [7, 11) is 1.36. The number of esters is 1. The zero-order valence-electron chi connectivity index (χ0n) is 17.7. The topological polar surface area (TPSA) is 46.6 Å². The van der Waals surface area contributed by atoms with Gasteiger partial charge in [0, 0.05) is 11.3 Å². The van der Waals surface area contributed by atoms with Crippen molar-refractivity contribution >= 4 is 17.6 Å². The van der Waals surface area contributed by atoms with E-state index < -0.39 is 5.97 Å². The first kappa shape index (κ1) is 21.3. The predicted molar refractivity (Wildman–Crippen MR) is 120 cm³/mol. The summed E-state index contributed by atoms with van der Waals surface area (Å²) < 4.78 is 4.82. The molecule has 154 valence electrons. The average Bonchev–Trinajstić information content (AvgIpc) is 2.77. The standard InChI is InChI=1S/C26H27NO3/c1-19(2)16-20-12-14-24(15-13-20)27(25(28)22-9-5-4-6-10-22)18-21-8-7-11-23(17-21)26(29)30-3/h4-15,17,19H,16,18H2,1-3H3. The Morgan fingerprint density at radius 3 is 2.13 bits per heavy atom. The number of carbonyl (C=O) groups is 2. The Hall–Kier alpha value is -3.40. The van der Waals surface area contributed by atoms with Gasteiger partial charge in [0.15, 0.2) is 0 Å². The molecule has 0 unspecified atom stereocenters. The van der Waals surface area contributed by atoms with Crippen LogP contribution in [0.4, 0.5) is 5.69 Å². The van der Waals surface area contributed by atoms with Crippen LogP contribution in [-0.4, -0.2) is 19.0 Å².